The van der Waals surface area contributed by atoms with Crippen LogP contribution in [-0.2, 0) is 0 Å². The molecule has 112 valence electrons. The molecule has 0 saturated carbocycles. The molecule has 0 radical (unpaired) electrons. The van der Waals surface area contributed by atoms with Crippen LogP contribution in [0.5, 0.6) is 0 Å². The highest BCUT2D eigenvalue weighted by molar-refractivity contribution is 9.10. The SMILES string of the molecule is CCCNC(c1cccc(Br)c1)c1ccc(C)c(F)c1F. The molecule has 4 heteroatoms. The average Bonchev–Trinajstić information content (AvgIpc) is 2.47. The van der Waals surface area contributed by atoms with Crippen LogP contribution in [0.4, 0.5) is 8.78 Å². The Morgan fingerprint density at radius 1 is 1.14 bits per heavy atom. The normalized spacial score (nSPS) is 12.4. The number of nitrogens with one attached hydrogen (secondary N) is 1. The number of halogens is 3. The predicted octanol–water partition coefficient (Wildman–Crippen LogP) is 5.12. The molecule has 0 saturated heterocycles. The molecule has 0 heterocycles. The van der Waals surface area contributed by atoms with Crippen LogP contribution in [0.1, 0.15) is 36.1 Å². The van der Waals surface area contributed by atoms with Crippen molar-refractivity contribution in [3.8, 4) is 0 Å². The Bertz CT molecular complexity index is 628. The molecule has 0 amide bonds. The summed E-state index contributed by atoms with van der Waals surface area (Å²) in [5, 5.41) is 3.29. The van der Waals surface area contributed by atoms with Gasteiger partial charge in [-0.05, 0) is 43.1 Å². The maximum Gasteiger partial charge on any atom is 0.164 e. The van der Waals surface area contributed by atoms with Gasteiger partial charge in [-0.3, -0.25) is 0 Å². The average molecular weight is 354 g/mol. The van der Waals surface area contributed by atoms with Gasteiger partial charge in [-0.15, -0.1) is 0 Å². The first-order valence-corrected chi connectivity index (χ1v) is 7.77. The van der Waals surface area contributed by atoms with Gasteiger partial charge in [0.25, 0.3) is 0 Å². The zero-order valence-electron chi connectivity index (χ0n) is 12.1. The minimum absolute atomic E-state index is 0.319. The van der Waals surface area contributed by atoms with Gasteiger partial charge >= 0.3 is 0 Å². The van der Waals surface area contributed by atoms with Crippen molar-refractivity contribution in [2.75, 3.05) is 6.54 Å². The molecule has 1 unspecified atom stereocenters. The Hall–Kier alpha value is -1.26. The lowest BCUT2D eigenvalue weighted by Gasteiger charge is -2.21. The maximum atomic E-state index is 14.3. The molecule has 2 aromatic rings. The standard InChI is InChI=1S/C17H18BrF2N/c1-3-9-21-17(12-5-4-6-13(18)10-12)14-8-7-11(2)15(19)16(14)20/h4-8,10,17,21H,3,9H2,1-2H3. The zero-order valence-corrected chi connectivity index (χ0v) is 13.7. The lowest BCUT2D eigenvalue weighted by molar-refractivity contribution is 0.476. The lowest BCUT2D eigenvalue weighted by Crippen LogP contribution is -2.24. The van der Waals surface area contributed by atoms with E-state index >= 15 is 0 Å². The Balaban J connectivity index is 2.48. The summed E-state index contributed by atoms with van der Waals surface area (Å²) in [6, 6.07) is 10.5. The summed E-state index contributed by atoms with van der Waals surface area (Å²) >= 11 is 3.42. The van der Waals surface area contributed by atoms with Gasteiger partial charge in [0.15, 0.2) is 11.6 Å². The summed E-state index contributed by atoms with van der Waals surface area (Å²) in [7, 11) is 0. The first-order chi connectivity index (χ1) is 10.0. The summed E-state index contributed by atoms with van der Waals surface area (Å²) in [4.78, 5) is 0. The second-order valence-electron chi connectivity index (χ2n) is 5.04. The van der Waals surface area contributed by atoms with Crippen molar-refractivity contribution >= 4 is 15.9 Å². The molecule has 21 heavy (non-hydrogen) atoms. The van der Waals surface area contributed by atoms with E-state index in [0.717, 1.165) is 23.0 Å². The fourth-order valence-corrected chi connectivity index (χ4v) is 2.68. The van der Waals surface area contributed by atoms with Crippen molar-refractivity contribution in [2.45, 2.75) is 26.3 Å². The summed E-state index contributed by atoms with van der Waals surface area (Å²) < 4.78 is 29.1. The summed E-state index contributed by atoms with van der Waals surface area (Å²) in [5.74, 6) is -1.55. The van der Waals surface area contributed by atoms with Gasteiger partial charge < -0.3 is 5.32 Å². The summed E-state index contributed by atoms with van der Waals surface area (Å²) in [6.07, 6.45) is 0.917. The van der Waals surface area contributed by atoms with Crippen LogP contribution in [0.25, 0.3) is 0 Å². The van der Waals surface area contributed by atoms with Crippen LogP contribution in [-0.4, -0.2) is 6.54 Å². The van der Waals surface area contributed by atoms with E-state index in [1.54, 1.807) is 19.1 Å². The molecule has 0 aliphatic carbocycles. The third kappa shape index (κ3) is 3.69. The molecule has 0 aliphatic rings. The van der Waals surface area contributed by atoms with E-state index in [2.05, 4.69) is 21.2 Å². The monoisotopic (exact) mass is 353 g/mol. The van der Waals surface area contributed by atoms with E-state index in [1.165, 1.54) is 0 Å². The number of rotatable bonds is 5. The van der Waals surface area contributed by atoms with Gasteiger partial charge in [0.2, 0.25) is 0 Å². The van der Waals surface area contributed by atoms with E-state index in [-0.39, 0.29) is 6.04 Å². The largest absolute Gasteiger partial charge is 0.306 e. The highest BCUT2D eigenvalue weighted by atomic mass is 79.9. The molecule has 0 spiro atoms. The Labute approximate surface area is 132 Å². The van der Waals surface area contributed by atoms with Crippen molar-refractivity contribution in [3.05, 3.63) is 69.2 Å². The highest BCUT2D eigenvalue weighted by Gasteiger charge is 2.20. The second-order valence-corrected chi connectivity index (χ2v) is 5.96. The van der Waals surface area contributed by atoms with Crippen LogP contribution >= 0.6 is 15.9 Å². The summed E-state index contributed by atoms with van der Waals surface area (Å²) in [5.41, 5.74) is 1.56. The van der Waals surface area contributed by atoms with Crippen molar-refractivity contribution in [1.29, 1.82) is 0 Å². The molecular weight excluding hydrogens is 336 g/mol. The molecule has 0 bridgehead atoms. The Kier molecular flexibility index (Phi) is 5.48. The molecule has 0 aromatic heterocycles. The molecule has 2 aromatic carbocycles. The van der Waals surface area contributed by atoms with Crippen LogP contribution < -0.4 is 5.32 Å². The van der Waals surface area contributed by atoms with E-state index in [0.29, 0.717) is 11.1 Å². The molecule has 1 N–H and O–H groups in total. The van der Waals surface area contributed by atoms with Crippen LogP contribution in [0.2, 0.25) is 0 Å². The zero-order chi connectivity index (χ0) is 15.4. The maximum absolute atomic E-state index is 14.3. The van der Waals surface area contributed by atoms with Gasteiger partial charge in [-0.25, -0.2) is 8.78 Å². The third-order valence-corrected chi connectivity index (χ3v) is 3.89. The highest BCUT2D eigenvalue weighted by Crippen LogP contribution is 2.28. The number of benzene rings is 2. The molecule has 0 fully saturated rings. The Morgan fingerprint density at radius 2 is 1.90 bits per heavy atom. The fourth-order valence-electron chi connectivity index (χ4n) is 2.27. The van der Waals surface area contributed by atoms with E-state index in [4.69, 9.17) is 0 Å². The number of aryl methyl sites for hydroxylation is 1. The molecular formula is C17H18BrF2N. The lowest BCUT2D eigenvalue weighted by atomic mass is 9.96. The van der Waals surface area contributed by atoms with Gasteiger partial charge in [-0.1, -0.05) is 47.1 Å². The molecule has 0 aliphatic heterocycles. The topological polar surface area (TPSA) is 12.0 Å². The van der Waals surface area contributed by atoms with Crippen LogP contribution in [0.15, 0.2) is 40.9 Å². The minimum atomic E-state index is -0.774. The smallest absolute Gasteiger partial charge is 0.164 e. The van der Waals surface area contributed by atoms with E-state index < -0.39 is 11.6 Å². The molecule has 2 rings (SSSR count). The van der Waals surface area contributed by atoms with E-state index in [9.17, 15) is 8.78 Å². The number of hydrogen-bond donors (Lipinski definition) is 1. The van der Waals surface area contributed by atoms with E-state index in [1.807, 2.05) is 31.2 Å². The predicted molar refractivity (Wildman–Crippen MR) is 85.4 cm³/mol. The van der Waals surface area contributed by atoms with Crippen molar-refractivity contribution < 1.29 is 8.78 Å². The van der Waals surface area contributed by atoms with Crippen LogP contribution in [0, 0.1) is 18.6 Å². The molecule has 1 atom stereocenters. The number of hydrogen-bond acceptors (Lipinski definition) is 1. The van der Waals surface area contributed by atoms with Crippen molar-refractivity contribution in [3.63, 3.8) is 0 Å². The van der Waals surface area contributed by atoms with Gasteiger partial charge in [0.05, 0.1) is 6.04 Å². The second kappa shape index (κ2) is 7.14. The van der Waals surface area contributed by atoms with Gasteiger partial charge in [-0.2, -0.15) is 0 Å². The first-order valence-electron chi connectivity index (χ1n) is 6.98. The quantitative estimate of drug-likeness (QED) is 0.785. The minimum Gasteiger partial charge on any atom is -0.306 e. The Morgan fingerprint density at radius 3 is 2.57 bits per heavy atom. The van der Waals surface area contributed by atoms with Crippen LogP contribution in [0.3, 0.4) is 0 Å². The van der Waals surface area contributed by atoms with Crippen molar-refractivity contribution in [2.24, 2.45) is 0 Å². The fraction of sp³-hybridized carbons (Fsp3) is 0.294. The van der Waals surface area contributed by atoms with Gasteiger partial charge in [0, 0.05) is 10.0 Å². The third-order valence-electron chi connectivity index (χ3n) is 3.40. The first kappa shape index (κ1) is 16.1. The van der Waals surface area contributed by atoms with Gasteiger partial charge in [0.1, 0.15) is 0 Å². The molecule has 1 nitrogen and oxygen atoms in total. The van der Waals surface area contributed by atoms with Crippen molar-refractivity contribution in [1.82, 2.24) is 5.32 Å². The summed E-state index contributed by atoms with van der Waals surface area (Å²) in [6.45, 7) is 4.33.